The van der Waals surface area contributed by atoms with Crippen LogP contribution < -0.4 is 15.7 Å². The topological polar surface area (TPSA) is 231 Å². The van der Waals surface area contributed by atoms with Gasteiger partial charge >= 0.3 is 24.9 Å². The van der Waals surface area contributed by atoms with Crippen LogP contribution in [-0.4, -0.2) is 116 Å². The fourth-order valence-electron chi connectivity index (χ4n) is 5.35. The zero-order chi connectivity index (χ0) is 36.4. The number of nitrogens with zero attached hydrogens (tertiary/aromatic N) is 5. The minimum Gasteiger partial charge on any atom is -0.534 e. The smallest absolute Gasteiger partial charge is 0.534 e. The number of benzene rings is 2. The molecule has 3 aromatic rings. The molecule has 0 bridgehead atoms. The number of thiazole rings is 1. The first-order valence-corrected chi connectivity index (χ1v) is 16.0. The molecule has 3 heterocycles. The lowest BCUT2D eigenvalue weighted by Gasteiger charge is -2.34. The molecule has 2 aliphatic heterocycles. The second-order valence-electron chi connectivity index (χ2n) is 11.3. The van der Waals surface area contributed by atoms with Gasteiger partial charge in [-0.2, -0.15) is 0 Å². The molecule has 0 spiro atoms. The molecule has 0 aliphatic carbocycles. The van der Waals surface area contributed by atoms with E-state index in [4.69, 9.17) is 22.0 Å². The molecule has 2 aliphatic rings. The summed E-state index contributed by atoms with van der Waals surface area (Å²) in [5, 5.41) is 44.5. The van der Waals surface area contributed by atoms with E-state index in [1.165, 1.54) is 22.3 Å². The molecule has 1 fully saturated rings. The Balaban J connectivity index is 1.37. The molecule has 5 rings (SSSR count). The number of hydrogen-bond acceptors (Lipinski definition) is 12. The predicted octanol–water partition coefficient (Wildman–Crippen LogP) is 0.482. The molecule has 0 unspecified atom stereocenters. The van der Waals surface area contributed by atoms with Crippen LogP contribution in [-0.2, 0) is 27.3 Å². The molecule has 16 nitrogen and oxygen atoms in total. The van der Waals surface area contributed by atoms with Crippen molar-refractivity contribution >= 4 is 59.7 Å². The van der Waals surface area contributed by atoms with E-state index in [0.717, 1.165) is 16.0 Å². The van der Waals surface area contributed by atoms with Gasteiger partial charge in [-0.15, -0.1) is 11.3 Å². The highest BCUT2D eigenvalue weighted by Crippen LogP contribution is 2.41. The Hall–Kier alpha value is -5.05. The number of nitrogens with one attached hydrogen (secondary N) is 1. The Morgan fingerprint density at radius 3 is 2.66 bits per heavy atom. The lowest BCUT2D eigenvalue weighted by atomic mass is 9.72. The van der Waals surface area contributed by atoms with Crippen LogP contribution in [0.5, 0.6) is 17.2 Å². The van der Waals surface area contributed by atoms with Crippen molar-refractivity contribution in [3.05, 3.63) is 68.1 Å². The number of amides is 3. The number of fused-ring (bicyclic) bond motifs is 1. The van der Waals surface area contributed by atoms with Crippen LogP contribution >= 0.6 is 22.9 Å². The summed E-state index contributed by atoms with van der Waals surface area (Å²) in [6.45, 7) is 1.08. The largest absolute Gasteiger partial charge is 0.547 e. The summed E-state index contributed by atoms with van der Waals surface area (Å²) in [7, 11) is -0.0826. The van der Waals surface area contributed by atoms with Crippen LogP contribution in [0.2, 0.25) is 5.02 Å². The highest BCUT2D eigenvalue weighted by Gasteiger charge is 2.41. The molecule has 264 valence electrons. The number of carbonyl (C=O) groups excluding carboxylic acids is 3. The number of aromatic carboxylic acids is 1. The number of hydrogen-bond donors (Lipinski definition) is 6. The van der Waals surface area contributed by atoms with E-state index < -0.39 is 93.8 Å². The van der Waals surface area contributed by atoms with E-state index in [0.29, 0.717) is 19.2 Å². The van der Waals surface area contributed by atoms with E-state index in [1.54, 1.807) is 6.20 Å². The maximum atomic E-state index is 14.6. The van der Waals surface area contributed by atoms with Crippen LogP contribution in [0.25, 0.3) is 0 Å². The number of carboxylic acid groups (broad SMARTS) is 1. The number of aliphatic imine (C=N–C) groups is 1. The maximum absolute atomic E-state index is 14.6. The molecule has 0 saturated carbocycles. The first-order valence-electron chi connectivity index (χ1n) is 14.8. The second-order valence-corrected chi connectivity index (χ2v) is 12.7. The Morgan fingerprint density at radius 2 is 1.98 bits per heavy atom. The van der Waals surface area contributed by atoms with Crippen LogP contribution in [0.15, 0.2) is 34.8 Å². The first-order chi connectivity index (χ1) is 23.7. The Morgan fingerprint density at radius 1 is 1.24 bits per heavy atom. The molecule has 7 N–H and O–H groups in total. The van der Waals surface area contributed by atoms with Crippen molar-refractivity contribution in [3.8, 4) is 17.2 Å². The summed E-state index contributed by atoms with van der Waals surface area (Å²) in [5.41, 5.74) is 4.89. The van der Waals surface area contributed by atoms with Gasteiger partial charge in [0.15, 0.2) is 29.3 Å². The van der Waals surface area contributed by atoms with Crippen molar-refractivity contribution in [2.45, 2.75) is 24.9 Å². The summed E-state index contributed by atoms with van der Waals surface area (Å²) < 4.78 is 34.1. The predicted molar refractivity (Wildman–Crippen MR) is 173 cm³/mol. The van der Waals surface area contributed by atoms with E-state index in [-0.39, 0.29) is 31.6 Å². The van der Waals surface area contributed by atoms with Crippen LogP contribution in [0.4, 0.5) is 8.78 Å². The van der Waals surface area contributed by atoms with Crippen molar-refractivity contribution in [3.63, 3.8) is 0 Å². The number of carboxylic acids is 1. The highest BCUT2D eigenvalue weighted by atomic mass is 35.5. The van der Waals surface area contributed by atoms with Gasteiger partial charge in [0.25, 0.3) is 0 Å². The fourth-order valence-corrected chi connectivity index (χ4v) is 6.30. The van der Waals surface area contributed by atoms with Crippen molar-refractivity contribution in [1.82, 2.24) is 25.0 Å². The minimum atomic E-state index is -1.96. The highest BCUT2D eigenvalue weighted by molar-refractivity contribution is 7.09. The summed E-state index contributed by atoms with van der Waals surface area (Å²) in [6, 6.07) is 0.703. The number of phenols is 2. The summed E-state index contributed by atoms with van der Waals surface area (Å²) in [4.78, 5) is 63.8. The summed E-state index contributed by atoms with van der Waals surface area (Å²) in [6.07, 6.45) is 1.41. The molecule has 3 amide bonds. The van der Waals surface area contributed by atoms with Gasteiger partial charge in [-0.3, -0.25) is 24.2 Å². The van der Waals surface area contributed by atoms with Crippen molar-refractivity contribution in [2.24, 2.45) is 10.7 Å². The molecule has 2 aromatic carbocycles. The third kappa shape index (κ3) is 7.42. The lowest BCUT2D eigenvalue weighted by molar-refractivity contribution is -0.153. The number of guanidine groups is 1. The average Bonchev–Trinajstić information content (AvgIpc) is 3.58. The second kappa shape index (κ2) is 14.8. The quantitative estimate of drug-likeness (QED) is 0.0549. The zero-order valence-corrected chi connectivity index (χ0v) is 27.6. The fraction of sp³-hybridized carbons (Fsp3) is 0.310. The lowest BCUT2D eigenvalue weighted by Crippen LogP contribution is -2.59. The molecule has 0 radical (unpaired) electrons. The Kier molecular flexibility index (Phi) is 10.7. The van der Waals surface area contributed by atoms with Crippen LogP contribution in [0.1, 0.15) is 32.5 Å². The molecule has 50 heavy (non-hydrogen) atoms. The normalized spacial score (nSPS) is 17.1. The number of aromatic hydroxyl groups is 2. The third-order valence-electron chi connectivity index (χ3n) is 7.98. The first kappa shape index (κ1) is 36.2. The number of nitrogens with two attached hydrogens (primary N) is 1. The van der Waals surface area contributed by atoms with Crippen LogP contribution in [0.3, 0.4) is 0 Å². The van der Waals surface area contributed by atoms with Gasteiger partial charge in [0.05, 0.1) is 17.5 Å². The molecule has 1 aromatic heterocycles. The van der Waals surface area contributed by atoms with Gasteiger partial charge in [-0.05, 0) is 31.2 Å². The standard InChI is InChI=1S/C29H29BClF2N7O9S/c1-38(12-18-35-4-9-50-18)5-6-39-7-8-40(27(45)26(39)44)29(34)37-21(14-11-16(33)22(41)23(42)20(14)31)25(43)36-17-10-13-2-3-15(32)19(28(46)47)24(13)49-30(17)48/h2-4,9,11,17,21,41-42,48H,5-8,10,12H2,1H3,(H2,34,37)(H,36,43)(H,46,47)/t17-,21+/m0/s1. The number of halogens is 3. The summed E-state index contributed by atoms with van der Waals surface area (Å²) >= 11 is 7.65. The molecule has 2 atom stereocenters. The Bertz CT molecular complexity index is 1870. The van der Waals surface area contributed by atoms with Gasteiger partial charge < -0.3 is 40.9 Å². The number of piperazine rings is 1. The van der Waals surface area contributed by atoms with Crippen molar-refractivity contribution < 1.29 is 53.0 Å². The van der Waals surface area contributed by atoms with Gasteiger partial charge in [-0.1, -0.05) is 17.7 Å². The average molecular weight is 736 g/mol. The van der Waals surface area contributed by atoms with Gasteiger partial charge in [0.2, 0.25) is 5.91 Å². The van der Waals surface area contributed by atoms with Gasteiger partial charge in [0.1, 0.15) is 22.1 Å². The minimum absolute atomic E-state index is 0.0437. The SMILES string of the molecule is CN(CCN1CCN(C(N)=N[C@@H](C(=O)N[C@H]2Cc3ccc(F)c(C(=O)O)c3OB2O)c2cc(F)c(O)c(O)c2Cl)C(=O)C1=O)Cc1nccs1. The number of likely N-dealkylation sites (N-methyl/N-ethyl adjacent to an activating group) is 1. The van der Waals surface area contributed by atoms with Gasteiger partial charge in [-0.25, -0.2) is 23.6 Å². The van der Waals surface area contributed by atoms with E-state index in [2.05, 4.69) is 15.3 Å². The molecular weight excluding hydrogens is 707 g/mol. The number of aromatic nitrogens is 1. The molecule has 21 heteroatoms. The number of phenolic OH excluding ortho intramolecular Hbond substituents is 2. The van der Waals surface area contributed by atoms with Gasteiger partial charge in [0, 0.05) is 43.3 Å². The van der Waals surface area contributed by atoms with Crippen LogP contribution in [0, 0.1) is 11.6 Å². The van der Waals surface area contributed by atoms with E-state index >= 15 is 0 Å². The van der Waals surface area contributed by atoms with E-state index in [1.807, 2.05) is 17.3 Å². The van der Waals surface area contributed by atoms with E-state index in [9.17, 15) is 48.3 Å². The Labute approximate surface area is 291 Å². The summed E-state index contributed by atoms with van der Waals surface area (Å²) in [5.74, 6) is -12.1. The van der Waals surface area contributed by atoms with Crippen molar-refractivity contribution in [2.75, 3.05) is 33.2 Å². The number of carbonyl (C=O) groups is 4. The van der Waals surface area contributed by atoms with Crippen molar-refractivity contribution in [1.29, 1.82) is 0 Å². The third-order valence-corrected chi connectivity index (χ3v) is 9.14. The monoisotopic (exact) mass is 735 g/mol. The molecule has 1 saturated heterocycles. The maximum Gasteiger partial charge on any atom is 0.547 e. The number of rotatable bonds is 10. The molecular formula is C29H29BClF2N7O9S. The zero-order valence-electron chi connectivity index (χ0n) is 26.0.